The maximum atomic E-state index is 12.6. The summed E-state index contributed by atoms with van der Waals surface area (Å²) in [6, 6.07) is 16.3. The summed E-state index contributed by atoms with van der Waals surface area (Å²) >= 11 is 7.31. The van der Waals surface area contributed by atoms with Crippen molar-refractivity contribution in [2.45, 2.75) is 18.6 Å². The number of aliphatic imine (C=N–C) groups is 1. The summed E-state index contributed by atoms with van der Waals surface area (Å²) in [4.78, 5) is 31.0. The predicted molar refractivity (Wildman–Crippen MR) is 107 cm³/mol. The molecule has 0 aliphatic carbocycles. The number of halogens is 1. The Morgan fingerprint density at radius 3 is 2.69 bits per heavy atom. The number of hydrogen-bond donors (Lipinski definition) is 1. The summed E-state index contributed by atoms with van der Waals surface area (Å²) in [6.07, 6.45) is 0.101. The Kier molecular flexibility index (Phi) is 5.96. The van der Waals surface area contributed by atoms with Gasteiger partial charge in [-0.2, -0.15) is 0 Å². The third-order valence-corrected chi connectivity index (χ3v) is 5.21. The minimum absolute atomic E-state index is 0.0958. The van der Waals surface area contributed by atoms with Crippen LogP contribution in [0.25, 0.3) is 0 Å². The Hall–Kier alpha value is -2.31. The van der Waals surface area contributed by atoms with Gasteiger partial charge in [0.15, 0.2) is 5.17 Å². The van der Waals surface area contributed by atoms with Crippen molar-refractivity contribution in [2.24, 2.45) is 4.99 Å². The first-order chi connectivity index (χ1) is 12.6. The zero-order valence-corrected chi connectivity index (χ0v) is 15.8. The van der Waals surface area contributed by atoms with E-state index in [0.29, 0.717) is 28.1 Å². The normalized spacial score (nSPS) is 18.4. The molecule has 1 unspecified atom stereocenters. The van der Waals surface area contributed by atoms with Crippen LogP contribution in [-0.2, 0) is 9.59 Å². The SMILES string of the molecule is CCN1C(=O)C(CC(=O)Nc2ccccc2)SC1=Nc1cccc(Cl)c1. The summed E-state index contributed by atoms with van der Waals surface area (Å²) in [6.45, 7) is 2.39. The molecule has 0 saturated carbocycles. The molecule has 0 radical (unpaired) electrons. The number of benzene rings is 2. The first-order valence-corrected chi connectivity index (χ1v) is 9.49. The van der Waals surface area contributed by atoms with E-state index in [1.807, 2.05) is 49.4 Å². The monoisotopic (exact) mass is 387 g/mol. The van der Waals surface area contributed by atoms with Crippen molar-refractivity contribution in [1.29, 1.82) is 0 Å². The van der Waals surface area contributed by atoms with Gasteiger partial charge in [-0.15, -0.1) is 0 Å². The van der Waals surface area contributed by atoms with E-state index < -0.39 is 5.25 Å². The molecule has 26 heavy (non-hydrogen) atoms. The number of nitrogens with one attached hydrogen (secondary N) is 1. The van der Waals surface area contributed by atoms with E-state index in [9.17, 15) is 9.59 Å². The Balaban J connectivity index is 1.71. The molecule has 1 aliphatic heterocycles. The van der Waals surface area contributed by atoms with Crippen LogP contribution in [0.4, 0.5) is 11.4 Å². The fraction of sp³-hybridized carbons (Fsp3) is 0.211. The fourth-order valence-corrected chi connectivity index (χ4v) is 3.98. The maximum Gasteiger partial charge on any atom is 0.242 e. The molecule has 0 spiro atoms. The highest BCUT2D eigenvalue weighted by molar-refractivity contribution is 8.15. The van der Waals surface area contributed by atoms with E-state index in [4.69, 9.17) is 11.6 Å². The number of thioether (sulfide) groups is 1. The molecule has 3 rings (SSSR count). The van der Waals surface area contributed by atoms with E-state index in [2.05, 4.69) is 10.3 Å². The van der Waals surface area contributed by atoms with E-state index in [0.717, 1.165) is 0 Å². The van der Waals surface area contributed by atoms with Gasteiger partial charge < -0.3 is 5.32 Å². The third-order valence-electron chi connectivity index (χ3n) is 3.80. The standard InChI is InChI=1S/C19H18ClN3O2S/c1-2-23-18(25)16(12-17(24)21-14-8-4-3-5-9-14)26-19(23)22-15-10-6-7-13(20)11-15/h3-11,16H,2,12H2,1H3,(H,21,24). The third kappa shape index (κ3) is 4.45. The van der Waals surface area contributed by atoms with Crippen LogP contribution in [0, 0.1) is 0 Å². The molecule has 1 aliphatic rings. The van der Waals surface area contributed by atoms with Crippen LogP contribution >= 0.6 is 23.4 Å². The summed E-state index contributed by atoms with van der Waals surface area (Å²) in [5.74, 6) is -0.288. The van der Waals surface area contributed by atoms with E-state index in [-0.39, 0.29) is 18.2 Å². The number of rotatable bonds is 5. The van der Waals surface area contributed by atoms with Crippen LogP contribution in [0.2, 0.25) is 5.02 Å². The van der Waals surface area contributed by atoms with Crippen molar-refractivity contribution >= 4 is 51.7 Å². The van der Waals surface area contributed by atoms with Gasteiger partial charge in [0.1, 0.15) is 5.25 Å². The molecular weight excluding hydrogens is 370 g/mol. The summed E-state index contributed by atoms with van der Waals surface area (Å²) in [5.41, 5.74) is 1.40. The fourth-order valence-electron chi connectivity index (χ4n) is 2.57. The van der Waals surface area contributed by atoms with Crippen LogP contribution in [0.5, 0.6) is 0 Å². The summed E-state index contributed by atoms with van der Waals surface area (Å²) in [7, 11) is 0. The van der Waals surface area contributed by atoms with E-state index in [1.54, 1.807) is 17.0 Å². The zero-order chi connectivity index (χ0) is 18.5. The number of carbonyl (C=O) groups excluding carboxylic acids is 2. The van der Waals surface area contributed by atoms with Crippen molar-refractivity contribution in [3.05, 3.63) is 59.6 Å². The van der Waals surface area contributed by atoms with E-state index in [1.165, 1.54) is 11.8 Å². The second kappa shape index (κ2) is 8.38. The second-order valence-corrected chi connectivity index (χ2v) is 7.29. The zero-order valence-electron chi connectivity index (χ0n) is 14.2. The molecular formula is C19H18ClN3O2S. The molecule has 7 heteroatoms. The van der Waals surface area contributed by atoms with Crippen LogP contribution in [-0.4, -0.2) is 33.7 Å². The maximum absolute atomic E-state index is 12.6. The number of amidine groups is 1. The lowest BCUT2D eigenvalue weighted by atomic mass is 10.2. The van der Waals surface area contributed by atoms with Gasteiger partial charge in [-0.3, -0.25) is 14.5 Å². The van der Waals surface area contributed by atoms with Crippen LogP contribution < -0.4 is 5.32 Å². The molecule has 1 N–H and O–H groups in total. The van der Waals surface area contributed by atoms with Gasteiger partial charge in [-0.1, -0.05) is 47.6 Å². The summed E-state index contributed by atoms with van der Waals surface area (Å²) in [5, 5.41) is 3.52. The van der Waals surface area contributed by atoms with Gasteiger partial charge >= 0.3 is 0 Å². The molecule has 5 nitrogen and oxygen atoms in total. The van der Waals surface area contributed by atoms with Crippen molar-refractivity contribution in [3.8, 4) is 0 Å². The van der Waals surface area contributed by atoms with Crippen molar-refractivity contribution in [3.63, 3.8) is 0 Å². The van der Waals surface area contributed by atoms with Crippen molar-refractivity contribution in [1.82, 2.24) is 4.90 Å². The highest BCUT2D eigenvalue weighted by Crippen LogP contribution is 2.32. The molecule has 2 amide bonds. The number of carbonyl (C=O) groups is 2. The molecule has 0 bridgehead atoms. The van der Waals surface area contributed by atoms with Crippen molar-refractivity contribution < 1.29 is 9.59 Å². The highest BCUT2D eigenvalue weighted by atomic mass is 35.5. The smallest absolute Gasteiger partial charge is 0.242 e. The lowest BCUT2D eigenvalue weighted by Gasteiger charge is -2.13. The van der Waals surface area contributed by atoms with Gasteiger partial charge in [0.2, 0.25) is 11.8 Å². The number of hydrogen-bond acceptors (Lipinski definition) is 4. The van der Waals surface area contributed by atoms with Crippen molar-refractivity contribution in [2.75, 3.05) is 11.9 Å². The molecule has 2 aromatic rings. The average Bonchev–Trinajstić information content (AvgIpc) is 2.90. The average molecular weight is 388 g/mol. The number of nitrogens with zero attached hydrogens (tertiary/aromatic N) is 2. The second-order valence-electron chi connectivity index (χ2n) is 5.68. The minimum Gasteiger partial charge on any atom is -0.326 e. The van der Waals surface area contributed by atoms with Crippen LogP contribution in [0.1, 0.15) is 13.3 Å². The Morgan fingerprint density at radius 1 is 1.23 bits per heavy atom. The molecule has 134 valence electrons. The lowest BCUT2D eigenvalue weighted by Crippen LogP contribution is -2.33. The molecule has 1 saturated heterocycles. The molecule has 2 aromatic carbocycles. The minimum atomic E-state index is -0.475. The van der Waals surface area contributed by atoms with E-state index >= 15 is 0 Å². The molecule has 1 fully saturated rings. The molecule has 1 atom stereocenters. The lowest BCUT2D eigenvalue weighted by molar-refractivity contribution is -0.128. The van der Waals surface area contributed by atoms with Crippen LogP contribution in [0.3, 0.4) is 0 Å². The highest BCUT2D eigenvalue weighted by Gasteiger charge is 2.38. The quantitative estimate of drug-likeness (QED) is 0.831. The Morgan fingerprint density at radius 2 is 2.00 bits per heavy atom. The van der Waals surface area contributed by atoms with Gasteiger partial charge in [-0.25, -0.2) is 4.99 Å². The largest absolute Gasteiger partial charge is 0.326 e. The predicted octanol–water partition coefficient (Wildman–Crippen LogP) is 4.32. The van der Waals surface area contributed by atoms with Gasteiger partial charge in [0.05, 0.1) is 5.69 Å². The van der Waals surface area contributed by atoms with Gasteiger partial charge in [0, 0.05) is 23.7 Å². The Bertz CT molecular complexity index is 842. The number of amides is 2. The van der Waals surface area contributed by atoms with Gasteiger partial charge in [-0.05, 0) is 37.3 Å². The van der Waals surface area contributed by atoms with Gasteiger partial charge in [0.25, 0.3) is 0 Å². The topological polar surface area (TPSA) is 61.8 Å². The Labute approximate surface area is 161 Å². The molecule has 1 heterocycles. The summed E-state index contributed by atoms with van der Waals surface area (Å²) < 4.78 is 0. The first-order valence-electron chi connectivity index (χ1n) is 8.24. The number of para-hydroxylation sites is 1. The number of anilines is 1. The first kappa shape index (κ1) is 18.5. The molecule has 0 aromatic heterocycles. The van der Waals surface area contributed by atoms with Crippen LogP contribution in [0.15, 0.2) is 59.6 Å².